The SMILES string of the molecule is CCN(CC)c1cc(C(=O)OC(C)(C)C)cc(Cl)n1. The molecule has 0 saturated carbocycles. The van der Waals surface area contributed by atoms with Crippen molar-refractivity contribution in [3.8, 4) is 0 Å². The fraction of sp³-hybridized carbons (Fsp3) is 0.571. The molecule has 0 atom stereocenters. The van der Waals surface area contributed by atoms with Gasteiger partial charge in [-0.2, -0.15) is 0 Å². The molecule has 1 rings (SSSR count). The van der Waals surface area contributed by atoms with Gasteiger partial charge in [-0.1, -0.05) is 11.6 Å². The lowest BCUT2D eigenvalue weighted by molar-refractivity contribution is 0.00694. The second-order valence-electron chi connectivity index (χ2n) is 5.21. The van der Waals surface area contributed by atoms with Crippen LogP contribution in [0.5, 0.6) is 0 Å². The Kier molecular flexibility index (Phi) is 5.18. The van der Waals surface area contributed by atoms with Crippen molar-refractivity contribution in [3.05, 3.63) is 22.8 Å². The van der Waals surface area contributed by atoms with Crippen LogP contribution in [0.4, 0.5) is 5.82 Å². The van der Waals surface area contributed by atoms with Gasteiger partial charge in [-0.05, 0) is 46.8 Å². The topological polar surface area (TPSA) is 42.4 Å². The van der Waals surface area contributed by atoms with Gasteiger partial charge < -0.3 is 9.64 Å². The molecule has 0 radical (unpaired) electrons. The highest BCUT2D eigenvalue weighted by molar-refractivity contribution is 6.29. The van der Waals surface area contributed by atoms with Gasteiger partial charge in [0.2, 0.25) is 0 Å². The van der Waals surface area contributed by atoms with Crippen molar-refractivity contribution in [1.82, 2.24) is 4.98 Å². The maximum absolute atomic E-state index is 12.0. The first-order valence-electron chi connectivity index (χ1n) is 6.42. The van der Waals surface area contributed by atoms with Gasteiger partial charge in [0.05, 0.1) is 5.56 Å². The van der Waals surface area contributed by atoms with Gasteiger partial charge in [0.25, 0.3) is 0 Å². The van der Waals surface area contributed by atoms with Gasteiger partial charge in [-0.25, -0.2) is 9.78 Å². The Hall–Kier alpha value is -1.29. The van der Waals surface area contributed by atoms with Crippen molar-refractivity contribution in [1.29, 1.82) is 0 Å². The third-order valence-corrected chi connectivity index (χ3v) is 2.70. The van der Waals surface area contributed by atoms with Crippen LogP contribution in [0, 0.1) is 0 Å². The van der Waals surface area contributed by atoms with E-state index in [0.717, 1.165) is 13.1 Å². The monoisotopic (exact) mass is 284 g/mol. The van der Waals surface area contributed by atoms with Crippen molar-refractivity contribution < 1.29 is 9.53 Å². The average Bonchev–Trinajstić information content (AvgIpc) is 2.27. The van der Waals surface area contributed by atoms with E-state index in [1.54, 1.807) is 6.07 Å². The Bertz CT molecular complexity index is 451. The molecule has 0 fully saturated rings. The zero-order chi connectivity index (χ0) is 14.6. The van der Waals surface area contributed by atoms with Gasteiger partial charge in [-0.3, -0.25) is 0 Å². The highest BCUT2D eigenvalue weighted by Gasteiger charge is 2.19. The summed E-state index contributed by atoms with van der Waals surface area (Å²) in [5.41, 5.74) is -0.0980. The molecule has 0 N–H and O–H groups in total. The first-order valence-corrected chi connectivity index (χ1v) is 6.80. The molecule has 0 bridgehead atoms. The summed E-state index contributed by atoms with van der Waals surface area (Å²) in [7, 11) is 0. The zero-order valence-corrected chi connectivity index (χ0v) is 12.9. The van der Waals surface area contributed by atoms with Gasteiger partial charge in [-0.15, -0.1) is 0 Å². The van der Waals surface area contributed by atoms with Crippen LogP contribution in [0.15, 0.2) is 12.1 Å². The lowest BCUT2D eigenvalue weighted by Crippen LogP contribution is -2.25. The van der Waals surface area contributed by atoms with Crippen molar-refractivity contribution >= 4 is 23.4 Å². The van der Waals surface area contributed by atoms with E-state index >= 15 is 0 Å². The van der Waals surface area contributed by atoms with E-state index in [-0.39, 0.29) is 5.97 Å². The van der Waals surface area contributed by atoms with Crippen LogP contribution < -0.4 is 4.90 Å². The zero-order valence-electron chi connectivity index (χ0n) is 12.2. The quantitative estimate of drug-likeness (QED) is 0.626. The number of hydrogen-bond acceptors (Lipinski definition) is 4. The van der Waals surface area contributed by atoms with E-state index < -0.39 is 5.60 Å². The van der Waals surface area contributed by atoms with Gasteiger partial charge in [0.15, 0.2) is 0 Å². The second-order valence-corrected chi connectivity index (χ2v) is 5.60. The number of hydrogen-bond donors (Lipinski definition) is 0. The molecule has 19 heavy (non-hydrogen) atoms. The van der Waals surface area contributed by atoms with Crippen LogP contribution in [-0.2, 0) is 4.74 Å². The summed E-state index contributed by atoms with van der Waals surface area (Å²) in [5.74, 6) is 0.309. The highest BCUT2D eigenvalue weighted by atomic mass is 35.5. The number of carbonyl (C=O) groups is 1. The number of esters is 1. The highest BCUT2D eigenvalue weighted by Crippen LogP contribution is 2.20. The largest absolute Gasteiger partial charge is 0.456 e. The minimum absolute atomic E-state index is 0.297. The number of aromatic nitrogens is 1. The third kappa shape index (κ3) is 4.71. The predicted molar refractivity (Wildman–Crippen MR) is 78.0 cm³/mol. The Morgan fingerprint density at radius 1 is 1.32 bits per heavy atom. The van der Waals surface area contributed by atoms with Crippen molar-refractivity contribution in [2.45, 2.75) is 40.2 Å². The minimum Gasteiger partial charge on any atom is -0.456 e. The molecule has 5 heteroatoms. The lowest BCUT2D eigenvalue weighted by Gasteiger charge is -2.22. The fourth-order valence-electron chi connectivity index (χ4n) is 1.65. The van der Waals surface area contributed by atoms with Gasteiger partial charge in [0, 0.05) is 13.1 Å². The number of anilines is 1. The molecule has 0 aromatic carbocycles. The number of carbonyl (C=O) groups excluding carboxylic acids is 1. The van der Waals surface area contributed by atoms with E-state index in [2.05, 4.69) is 4.98 Å². The molecule has 0 amide bonds. The standard InChI is InChI=1S/C14H21ClN2O2/c1-6-17(7-2)12-9-10(8-11(15)16-12)13(18)19-14(3,4)5/h8-9H,6-7H2,1-5H3. The number of halogens is 1. The molecule has 4 nitrogen and oxygen atoms in total. The van der Waals surface area contributed by atoms with E-state index in [0.29, 0.717) is 16.5 Å². The predicted octanol–water partition coefficient (Wildman–Crippen LogP) is 3.54. The first kappa shape index (κ1) is 15.8. The van der Waals surface area contributed by atoms with Crippen molar-refractivity contribution in [3.63, 3.8) is 0 Å². The molecule has 0 aliphatic carbocycles. The Morgan fingerprint density at radius 3 is 2.37 bits per heavy atom. The smallest absolute Gasteiger partial charge is 0.338 e. The van der Waals surface area contributed by atoms with E-state index in [1.807, 2.05) is 39.5 Å². The molecular formula is C14H21ClN2O2. The molecule has 1 aromatic heterocycles. The first-order chi connectivity index (χ1) is 8.76. The second kappa shape index (κ2) is 6.24. The normalized spacial score (nSPS) is 11.3. The Morgan fingerprint density at radius 2 is 1.89 bits per heavy atom. The van der Waals surface area contributed by atoms with Crippen LogP contribution in [0.1, 0.15) is 45.0 Å². The van der Waals surface area contributed by atoms with Crippen LogP contribution in [0.25, 0.3) is 0 Å². The van der Waals surface area contributed by atoms with Gasteiger partial charge >= 0.3 is 5.97 Å². The summed E-state index contributed by atoms with van der Waals surface area (Å²) in [6.45, 7) is 11.2. The third-order valence-electron chi connectivity index (χ3n) is 2.50. The molecule has 0 aliphatic rings. The number of nitrogens with zero attached hydrogens (tertiary/aromatic N) is 2. The maximum atomic E-state index is 12.0. The van der Waals surface area contributed by atoms with Crippen LogP contribution >= 0.6 is 11.6 Å². The number of rotatable bonds is 4. The minimum atomic E-state index is -0.526. The summed E-state index contributed by atoms with van der Waals surface area (Å²) >= 11 is 5.98. The lowest BCUT2D eigenvalue weighted by atomic mass is 10.2. The number of ether oxygens (including phenoxy) is 1. The van der Waals surface area contributed by atoms with Crippen molar-refractivity contribution in [2.75, 3.05) is 18.0 Å². The van der Waals surface area contributed by atoms with Crippen LogP contribution in [0.3, 0.4) is 0 Å². The summed E-state index contributed by atoms with van der Waals surface area (Å²) in [6, 6.07) is 3.25. The fourth-order valence-corrected chi connectivity index (χ4v) is 1.85. The molecule has 0 spiro atoms. The van der Waals surface area contributed by atoms with Crippen molar-refractivity contribution in [2.24, 2.45) is 0 Å². The summed E-state index contributed by atoms with van der Waals surface area (Å²) in [4.78, 5) is 18.3. The summed E-state index contributed by atoms with van der Waals surface area (Å²) < 4.78 is 5.34. The Balaban J connectivity index is 3.06. The molecule has 0 aliphatic heterocycles. The van der Waals surface area contributed by atoms with Gasteiger partial charge in [0.1, 0.15) is 16.6 Å². The summed E-state index contributed by atoms with van der Waals surface area (Å²) in [6.07, 6.45) is 0. The Labute approximate surface area is 119 Å². The molecule has 0 unspecified atom stereocenters. The molecule has 106 valence electrons. The summed E-state index contributed by atoms with van der Waals surface area (Å²) in [5, 5.41) is 0.297. The van der Waals surface area contributed by atoms with Crippen LogP contribution in [-0.4, -0.2) is 29.6 Å². The van der Waals surface area contributed by atoms with E-state index in [9.17, 15) is 4.79 Å². The molecule has 1 aromatic rings. The van der Waals surface area contributed by atoms with Crippen LogP contribution in [0.2, 0.25) is 5.15 Å². The molecule has 0 saturated heterocycles. The van der Waals surface area contributed by atoms with E-state index in [1.165, 1.54) is 6.07 Å². The molecular weight excluding hydrogens is 264 g/mol. The number of pyridine rings is 1. The van der Waals surface area contributed by atoms with E-state index in [4.69, 9.17) is 16.3 Å². The molecule has 1 heterocycles. The average molecular weight is 285 g/mol. The maximum Gasteiger partial charge on any atom is 0.338 e.